The number of rotatable bonds is 2. The second-order valence-corrected chi connectivity index (χ2v) is 6.75. The third-order valence-corrected chi connectivity index (χ3v) is 3.32. The van der Waals surface area contributed by atoms with Gasteiger partial charge in [-0.3, -0.25) is 5.10 Å². The maximum atomic E-state index is 5.83. The molecule has 0 aliphatic carbocycles. The minimum absolute atomic E-state index is 0.0226. The molecule has 5 heteroatoms. The summed E-state index contributed by atoms with van der Waals surface area (Å²) in [5, 5.41) is 11.6. The monoisotopic (exact) mass is 333 g/mol. The number of benzene rings is 1. The van der Waals surface area contributed by atoms with E-state index in [9.17, 15) is 0 Å². The van der Waals surface area contributed by atoms with Gasteiger partial charge in [-0.25, -0.2) is 0 Å². The van der Waals surface area contributed by atoms with E-state index in [4.69, 9.17) is 4.42 Å². The van der Waals surface area contributed by atoms with Crippen LogP contribution < -0.4 is 5.32 Å². The number of hydrogen-bond donors (Lipinski definition) is 2. The number of nitrogens with one attached hydrogen (secondary N) is 2. The number of nitrogens with zero attached hydrogens (tertiary/aromatic N) is 1. The Kier molecular flexibility index (Phi) is 3.09. The Hall–Kier alpha value is -1.75. The summed E-state index contributed by atoms with van der Waals surface area (Å²) in [5.41, 5.74) is 1.71. The Labute approximate surface area is 125 Å². The van der Waals surface area contributed by atoms with Crippen molar-refractivity contribution in [3.8, 4) is 11.5 Å². The summed E-state index contributed by atoms with van der Waals surface area (Å²) in [7, 11) is 0. The molecule has 2 heterocycles. The Balaban J connectivity index is 1.95. The largest absolute Gasteiger partial charge is 0.454 e. The van der Waals surface area contributed by atoms with Crippen LogP contribution in [0.3, 0.4) is 0 Å². The number of fused-ring (bicyclic) bond motifs is 1. The highest BCUT2D eigenvalue weighted by Crippen LogP contribution is 2.29. The Morgan fingerprint density at radius 3 is 2.75 bits per heavy atom. The highest BCUT2D eigenvalue weighted by molar-refractivity contribution is 9.10. The van der Waals surface area contributed by atoms with Crippen molar-refractivity contribution in [2.45, 2.75) is 26.3 Å². The second kappa shape index (κ2) is 4.66. The summed E-state index contributed by atoms with van der Waals surface area (Å²) in [5.74, 6) is 1.60. The standard InChI is InChI=1S/C15H16BrN3O/c1-15(2,3)17-14-8-11(18-19-14)13-7-9-6-10(16)4-5-12(9)20-13/h4-8H,1-3H3,(H2,17,18,19). The highest BCUT2D eigenvalue weighted by atomic mass is 79.9. The fourth-order valence-electron chi connectivity index (χ4n) is 2.04. The molecule has 0 aliphatic heterocycles. The van der Waals surface area contributed by atoms with E-state index in [1.54, 1.807) is 0 Å². The number of aromatic nitrogens is 2. The highest BCUT2D eigenvalue weighted by Gasteiger charge is 2.14. The molecular weight excluding hydrogens is 318 g/mol. The molecular formula is C15H16BrN3O. The molecule has 0 atom stereocenters. The van der Waals surface area contributed by atoms with Crippen molar-refractivity contribution in [3.05, 3.63) is 34.8 Å². The van der Waals surface area contributed by atoms with E-state index >= 15 is 0 Å². The molecule has 2 N–H and O–H groups in total. The first-order valence-corrected chi connectivity index (χ1v) is 7.23. The summed E-state index contributed by atoms with van der Waals surface area (Å²) in [6, 6.07) is 9.92. The van der Waals surface area contributed by atoms with Crippen molar-refractivity contribution >= 4 is 32.7 Å². The first-order chi connectivity index (χ1) is 9.40. The van der Waals surface area contributed by atoms with Crippen LogP contribution in [0.2, 0.25) is 0 Å². The van der Waals surface area contributed by atoms with Crippen molar-refractivity contribution in [1.82, 2.24) is 10.2 Å². The Bertz CT molecular complexity index is 752. The Morgan fingerprint density at radius 1 is 1.20 bits per heavy atom. The third kappa shape index (κ3) is 2.72. The third-order valence-electron chi connectivity index (χ3n) is 2.82. The van der Waals surface area contributed by atoms with Crippen LogP contribution >= 0.6 is 15.9 Å². The zero-order chi connectivity index (χ0) is 14.3. The van der Waals surface area contributed by atoms with Gasteiger partial charge < -0.3 is 9.73 Å². The predicted molar refractivity (Wildman–Crippen MR) is 84.9 cm³/mol. The molecule has 0 unspecified atom stereocenters. The lowest BCUT2D eigenvalue weighted by molar-refractivity contribution is 0.628. The molecule has 1 aromatic carbocycles. The van der Waals surface area contributed by atoms with Crippen LogP contribution in [-0.2, 0) is 0 Å². The molecule has 0 saturated heterocycles. The molecule has 104 valence electrons. The van der Waals surface area contributed by atoms with Gasteiger partial charge in [-0.05, 0) is 45.0 Å². The normalized spacial score (nSPS) is 12.0. The predicted octanol–water partition coefficient (Wildman–Crippen LogP) is 4.80. The molecule has 3 aromatic rings. The molecule has 0 aliphatic rings. The van der Waals surface area contributed by atoms with Crippen LogP contribution in [0.5, 0.6) is 0 Å². The molecule has 20 heavy (non-hydrogen) atoms. The molecule has 3 rings (SSSR count). The molecule has 2 aromatic heterocycles. The van der Waals surface area contributed by atoms with Crippen LogP contribution in [0.15, 0.2) is 39.2 Å². The summed E-state index contributed by atoms with van der Waals surface area (Å²) in [6.07, 6.45) is 0. The molecule has 0 radical (unpaired) electrons. The van der Waals surface area contributed by atoms with Crippen LogP contribution in [0, 0.1) is 0 Å². The molecule has 4 nitrogen and oxygen atoms in total. The van der Waals surface area contributed by atoms with E-state index in [0.717, 1.165) is 32.7 Å². The van der Waals surface area contributed by atoms with Gasteiger partial charge in [-0.2, -0.15) is 5.10 Å². The first kappa shape index (κ1) is 13.2. The van der Waals surface area contributed by atoms with E-state index in [0.29, 0.717) is 0 Å². The lowest BCUT2D eigenvalue weighted by Crippen LogP contribution is -2.26. The van der Waals surface area contributed by atoms with E-state index in [-0.39, 0.29) is 5.54 Å². The number of halogens is 1. The van der Waals surface area contributed by atoms with Crippen LogP contribution in [0.1, 0.15) is 20.8 Å². The van der Waals surface area contributed by atoms with Gasteiger partial charge in [0.05, 0.1) is 0 Å². The number of hydrogen-bond acceptors (Lipinski definition) is 3. The molecule has 0 bridgehead atoms. The van der Waals surface area contributed by atoms with Gasteiger partial charge in [0.25, 0.3) is 0 Å². The van der Waals surface area contributed by atoms with Gasteiger partial charge in [-0.1, -0.05) is 15.9 Å². The second-order valence-electron chi connectivity index (χ2n) is 5.83. The average Bonchev–Trinajstić information content (AvgIpc) is 2.92. The van der Waals surface area contributed by atoms with E-state index in [2.05, 4.69) is 52.2 Å². The average molecular weight is 334 g/mol. The zero-order valence-electron chi connectivity index (χ0n) is 11.6. The molecule has 0 saturated carbocycles. The van der Waals surface area contributed by atoms with Gasteiger partial charge in [0.15, 0.2) is 5.76 Å². The van der Waals surface area contributed by atoms with E-state index in [1.165, 1.54) is 0 Å². The summed E-state index contributed by atoms with van der Waals surface area (Å²) < 4.78 is 6.87. The molecule has 0 fully saturated rings. The fraction of sp³-hybridized carbons (Fsp3) is 0.267. The maximum Gasteiger partial charge on any atom is 0.153 e. The minimum atomic E-state index is -0.0226. The van der Waals surface area contributed by atoms with E-state index < -0.39 is 0 Å². The molecule has 0 amide bonds. The van der Waals surface area contributed by atoms with Gasteiger partial charge >= 0.3 is 0 Å². The minimum Gasteiger partial charge on any atom is -0.454 e. The summed E-state index contributed by atoms with van der Waals surface area (Å²) >= 11 is 3.46. The van der Waals surface area contributed by atoms with Crippen LogP contribution in [0.4, 0.5) is 5.82 Å². The van der Waals surface area contributed by atoms with Gasteiger partial charge in [-0.15, -0.1) is 0 Å². The fourth-order valence-corrected chi connectivity index (χ4v) is 2.42. The Morgan fingerprint density at radius 2 is 2.00 bits per heavy atom. The zero-order valence-corrected chi connectivity index (χ0v) is 13.2. The van der Waals surface area contributed by atoms with Crippen molar-refractivity contribution in [2.75, 3.05) is 5.32 Å². The number of furan rings is 1. The smallest absolute Gasteiger partial charge is 0.153 e. The summed E-state index contributed by atoms with van der Waals surface area (Å²) in [4.78, 5) is 0. The van der Waals surface area contributed by atoms with Crippen molar-refractivity contribution < 1.29 is 4.42 Å². The topological polar surface area (TPSA) is 53.9 Å². The van der Waals surface area contributed by atoms with Crippen molar-refractivity contribution in [2.24, 2.45) is 0 Å². The van der Waals surface area contributed by atoms with Gasteiger partial charge in [0.1, 0.15) is 17.1 Å². The molecule has 0 spiro atoms. The number of anilines is 1. The lowest BCUT2D eigenvalue weighted by Gasteiger charge is -2.19. The summed E-state index contributed by atoms with van der Waals surface area (Å²) in [6.45, 7) is 6.29. The number of H-pyrrole nitrogens is 1. The van der Waals surface area contributed by atoms with Crippen LogP contribution in [0.25, 0.3) is 22.4 Å². The first-order valence-electron chi connectivity index (χ1n) is 6.44. The van der Waals surface area contributed by atoms with Gasteiger partial charge in [0, 0.05) is 21.5 Å². The maximum absolute atomic E-state index is 5.83. The van der Waals surface area contributed by atoms with Crippen molar-refractivity contribution in [1.29, 1.82) is 0 Å². The number of aromatic amines is 1. The van der Waals surface area contributed by atoms with Crippen LogP contribution in [-0.4, -0.2) is 15.7 Å². The SMILES string of the molecule is CC(C)(C)Nc1cc(-c2cc3cc(Br)ccc3o2)[nH]n1. The van der Waals surface area contributed by atoms with E-state index in [1.807, 2.05) is 30.3 Å². The van der Waals surface area contributed by atoms with Crippen molar-refractivity contribution in [3.63, 3.8) is 0 Å². The lowest BCUT2D eigenvalue weighted by atomic mass is 10.1. The van der Waals surface area contributed by atoms with Gasteiger partial charge in [0.2, 0.25) is 0 Å². The quantitative estimate of drug-likeness (QED) is 0.708.